The zero-order valence-electron chi connectivity index (χ0n) is 18.1. The fraction of sp³-hybridized carbons (Fsp3) is 0.333. The van der Waals surface area contributed by atoms with E-state index in [0.717, 1.165) is 0 Å². The van der Waals surface area contributed by atoms with Gasteiger partial charge in [0.1, 0.15) is 11.6 Å². The lowest BCUT2D eigenvalue weighted by Gasteiger charge is -2.36. The number of carbonyl (C=O) groups excluding carboxylic acids is 1. The molecule has 0 unspecified atom stereocenters. The first kappa shape index (κ1) is 22.1. The van der Waals surface area contributed by atoms with Crippen molar-refractivity contribution in [2.45, 2.75) is 13.8 Å². The molecule has 0 bridgehead atoms. The van der Waals surface area contributed by atoms with Crippen LogP contribution in [0.4, 0.5) is 23.3 Å². The van der Waals surface area contributed by atoms with Gasteiger partial charge in [-0.1, -0.05) is 11.6 Å². The van der Waals surface area contributed by atoms with E-state index in [1.165, 1.54) is 10.7 Å². The maximum absolute atomic E-state index is 11.6. The van der Waals surface area contributed by atoms with Crippen LogP contribution in [0.25, 0.3) is 5.65 Å². The van der Waals surface area contributed by atoms with Gasteiger partial charge < -0.3 is 20.4 Å². The van der Waals surface area contributed by atoms with Crippen molar-refractivity contribution in [3.63, 3.8) is 0 Å². The molecule has 1 aromatic carbocycles. The van der Waals surface area contributed by atoms with Crippen molar-refractivity contribution in [1.82, 2.24) is 24.5 Å². The SMILES string of the molecule is CCNc1nc(Nc2cc(C#N)cc(N3CCN(C(C)=O)CC3)c2Cl)nc2c(C#N)cnn12. The average Bonchev–Trinajstić information content (AvgIpc) is 3.24. The van der Waals surface area contributed by atoms with E-state index < -0.39 is 0 Å². The molecule has 3 aromatic rings. The van der Waals surface area contributed by atoms with Crippen LogP contribution in [0, 0.1) is 22.7 Å². The van der Waals surface area contributed by atoms with Gasteiger partial charge in [0.2, 0.25) is 17.8 Å². The van der Waals surface area contributed by atoms with E-state index in [0.29, 0.717) is 71.8 Å². The molecule has 1 aliphatic heterocycles. The van der Waals surface area contributed by atoms with Gasteiger partial charge in [-0.3, -0.25) is 4.79 Å². The highest BCUT2D eigenvalue weighted by atomic mass is 35.5. The quantitative estimate of drug-likeness (QED) is 0.582. The van der Waals surface area contributed by atoms with Gasteiger partial charge in [0.15, 0.2) is 5.65 Å². The third kappa shape index (κ3) is 4.31. The third-order valence-corrected chi connectivity index (χ3v) is 5.72. The molecule has 168 valence electrons. The lowest BCUT2D eigenvalue weighted by Crippen LogP contribution is -2.48. The van der Waals surface area contributed by atoms with E-state index in [4.69, 9.17) is 11.6 Å². The molecule has 0 atom stereocenters. The van der Waals surface area contributed by atoms with Gasteiger partial charge >= 0.3 is 0 Å². The lowest BCUT2D eigenvalue weighted by molar-refractivity contribution is -0.129. The van der Waals surface area contributed by atoms with Gasteiger partial charge in [0.25, 0.3) is 0 Å². The second-order valence-electron chi connectivity index (χ2n) is 7.39. The predicted molar refractivity (Wildman–Crippen MR) is 124 cm³/mol. The number of halogens is 1. The Morgan fingerprint density at radius 1 is 1.18 bits per heavy atom. The van der Waals surface area contributed by atoms with Crippen LogP contribution in [0.3, 0.4) is 0 Å². The molecule has 33 heavy (non-hydrogen) atoms. The molecule has 1 fully saturated rings. The van der Waals surface area contributed by atoms with E-state index in [1.807, 2.05) is 11.8 Å². The number of rotatable bonds is 5. The van der Waals surface area contributed by atoms with Crippen LogP contribution in [0.5, 0.6) is 0 Å². The Labute approximate surface area is 195 Å². The highest BCUT2D eigenvalue weighted by Gasteiger charge is 2.23. The molecule has 1 aliphatic rings. The molecule has 2 N–H and O–H groups in total. The van der Waals surface area contributed by atoms with Crippen molar-refractivity contribution in [2.75, 3.05) is 48.3 Å². The Morgan fingerprint density at radius 2 is 1.94 bits per heavy atom. The number of carbonyl (C=O) groups is 1. The van der Waals surface area contributed by atoms with Crippen LogP contribution in [0.1, 0.15) is 25.0 Å². The molecule has 1 amide bonds. The smallest absolute Gasteiger partial charge is 0.232 e. The van der Waals surface area contributed by atoms with E-state index in [1.54, 1.807) is 24.0 Å². The van der Waals surface area contributed by atoms with Gasteiger partial charge in [0.05, 0.1) is 34.2 Å². The van der Waals surface area contributed by atoms with Crippen molar-refractivity contribution >= 4 is 46.4 Å². The summed E-state index contributed by atoms with van der Waals surface area (Å²) in [5, 5.41) is 29.7. The number of hydrogen-bond acceptors (Lipinski definition) is 9. The average molecular weight is 465 g/mol. The Bertz CT molecular complexity index is 1300. The fourth-order valence-electron chi connectivity index (χ4n) is 3.66. The Kier molecular flexibility index (Phi) is 6.16. The van der Waals surface area contributed by atoms with Gasteiger partial charge in [0, 0.05) is 39.6 Å². The van der Waals surface area contributed by atoms with Crippen molar-refractivity contribution in [3.05, 3.63) is 34.5 Å². The maximum Gasteiger partial charge on any atom is 0.232 e. The molecule has 0 aliphatic carbocycles. The van der Waals surface area contributed by atoms with E-state index in [-0.39, 0.29) is 11.9 Å². The van der Waals surface area contributed by atoms with Crippen LogP contribution in [0.15, 0.2) is 18.3 Å². The van der Waals surface area contributed by atoms with Crippen molar-refractivity contribution in [3.8, 4) is 12.1 Å². The minimum absolute atomic E-state index is 0.0366. The van der Waals surface area contributed by atoms with Crippen LogP contribution in [-0.2, 0) is 4.79 Å². The zero-order chi connectivity index (χ0) is 23.5. The number of aromatic nitrogens is 4. The number of fused-ring (bicyclic) bond motifs is 1. The summed E-state index contributed by atoms with van der Waals surface area (Å²) in [6.07, 6.45) is 1.43. The van der Waals surface area contributed by atoms with E-state index >= 15 is 0 Å². The summed E-state index contributed by atoms with van der Waals surface area (Å²) in [5.74, 6) is 0.661. The van der Waals surface area contributed by atoms with Gasteiger partial charge in [-0.05, 0) is 19.1 Å². The number of nitriles is 2. The molecule has 11 nitrogen and oxygen atoms in total. The topological polar surface area (TPSA) is 138 Å². The Balaban J connectivity index is 1.71. The second-order valence-corrected chi connectivity index (χ2v) is 7.77. The summed E-state index contributed by atoms with van der Waals surface area (Å²) in [6.45, 7) is 6.42. The third-order valence-electron chi connectivity index (χ3n) is 5.32. The molecule has 4 rings (SSSR count). The first-order valence-electron chi connectivity index (χ1n) is 10.4. The highest BCUT2D eigenvalue weighted by molar-refractivity contribution is 6.36. The number of piperazine rings is 1. The minimum atomic E-state index is 0.0366. The van der Waals surface area contributed by atoms with Crippen molar-refractivity contribution in [2.24, 2.45) is 0 Å². The summed E-state index contributed by atoms with van der Waals surface area (Å²) in [7, 11) is 0. The molecule has 3 heterocycles. The van der Waals surface area contributed by atoms with Crippen LogP contribution in [-0.4, -0.2) is 63.1 Å². The van der Waals surface area contributed by atoms with Crippen molar-refractivity contribution in [1.29, 1.82) is 10.5 Å². The summed E-state index contributed by atoms with van der Waals surface area (Å²) < 4.78 is 1.46. The molecular formula is C21H21ClN10O. The summed E-state index contributed by atoms with van der Waals surface area (Å²) in [4.78, 5) is 24.4. The Hall–Kier alpha value is -4.09. The number of nitrogens with zero attached hydrogens (tertiary/aromatic N) is 8. The highest BCUT2D eigenvalue weighted by Crippen LogP contribution is 2.36. The fourth-order valence-corrected chi connectivity index (χ4v) is 3.94. The standard InChI is InChI=1S/C21H21ClN10O/c1-3-25-21-29-20(28-19-15(11-24)12-26-32(19)21)27-16-8-14(10-23)9-17(18(16)22)31-6-4-30(5-7-31)13(2)33/h8-9,12H,3-7H2,1-2H3,(H2,25,27,28,29). The minimum Gasteiger partial charge on any atom is -0.367 e. The first-order chi connectivity index (χ1) is 15.9. The van der Waals surface area contributed by atoms with Crippen LogP contribution < -0.4 is 15.5 Å². The number of amides is 1. The van der Waals surface area contributed by atoms with E-state index in [9.17, 15) is 15.3 Å². The second kappa shape index (κ2) is 9.18. The predicted octanol–water partition coefficient (Wildman–Crippen LogP) is 2.36. The first-order valence-corrected chi connectivity index (χ1v) is 10.7. The molecule has 0 radical (unpaired) electrons. The Morgan fingerprint density at radius 3 is 2.58 bits per heavy atom. The summed E-state index contributed by atoms with van der Waals surface area (Å²) >= 11 is 6.74. The number of hydrogen-bond donors (Lipinski definition) is 2. The van der Waals surface area contributed by atoms with Gasteiger partial charge in [-0.25, -0.2) is 0 Å². The maximum atomic E-state index is 11.6. The normalized spacial score (nSPS) is 13.5. The summed E-state index contributed by atoms with van der Waals surface area (Å²) in [6, 6.07) is 7.59. The summed E-state index contributed by atoms with van der Waals surface area (Å²) in [5.41, 5.74) is 2.22. The monoisotopic (exact) mass is 464 g/mol. The zero-order valence-corrected chi connectivity index (χ0v) is 18.9. The molecule has 0 saturated carbocycles. The lowest BCUT2D eigenvalue weighted by atomic mass is 10.1. The molecule has 0 spiro atoms. The molecule has 12 heteroatoms. The van der Waals surface area contributed by atoms with Gasteiger partial charge in [-0.2, -0.15) is 30.1 Å². The molecule has 1 saturated heterocycles. The van der Waals surface area contributed by atoms with Crippen LogP contribution in [0.2, 0.25) is 5.02 Å². The van der Waals surface area contributed by atoms with Gasteiger partial charge in [-0.15, -0.1) is 0 Å². The van der Waals surface area contributed by atoms with Crippen molar-refractivity contribution < 1.29 is 4.79 Å². The number of anilines is 4. The van der Waals surface area contributed by atoms with Crippen LogP contribution >= 0.6 is 11.6 Å². The molecule has 2 aromatic heterocycles. The molecular weight excluding hydrogens is 444 g/mol. The number of nitrogens with one attached hydrogen (secondary N) is 2. The largest absolute Gasteiger partial charge is 0.367 e. The van der Waals surface area contributed by atoms with E-state index in [2.05, 4.69) is 37.8 Å². The number of benzene rings is 1.